The zero-order valence-corrected chi connectivity index (χ0v) is 12.1. The molecule has 0 unspecified atom stereocenters. The minimum atomic E-state index is -3.21. The van der Waals surface area contributed by atoms with Crippen molar-refractivity contribution in [1.82, 2.24) is 9.29 Å². The maximum absolute atomic E-state index is 12.0. The summed E-state index contributed by atoms with van der Waals surface area (Å²) in [5.74, 6) is 0.0838. The Balaban J connectivity index is 2.38. The largest absolute Gasteiger partial charge is 0.396 e. The van der Waals surface area contributed by atoms with Crippen molar-refractivity contribution in [3.05, 3.63) is 30.1 Å². The SMILES string of the molecule is CN(CCCCCO)S(=O)(=O)CCc1ccccn1. The quantitative estimate of drug-likeness (QED) is 0.689. The van der Waals surface area contributed by atoms with Crippen LogP contribution in [0, 0.1) is 0 Å². The van der Waals surface area contributed by atoms with Gasteiger partial charge in [0.2, 0.25) is 10.0 Å². The van der Waals surface area contributed by atoms with Gasteiger partial charge in [0, 0.05) is 38.5 Å². The summed E-state index contributed by atoms with van der Waals surface area (Å²) in [6.45, 7) is 0.667. The molecule has 0 amide bonds. The Labute approximate surface area is 115 Å². The molecule has 1 aromatic heterocycles. The van der Waals surface area contributed by atoms with Crippen molar-refractivity contribution in [2.75, 3.05) is 26.0 Å². The minimum Gasteiger partial charge on any atom is -0.396 e. The molecular formula is C13H22N2O3S. The van der Waals surface area contributed by atoms with E-state index in [-0.39, 0.29) is 12.4 Å². The van der Waals surface area contributed by atoms with Crippen LogP contribution in [0.5, 0.6) is 0 Å². The fraction of sp³-hybridized carbons (Fsp3) is 0.615. The molecule has 0 aliphatic heterocycles. The van der Waals surface area contributed by atoms with E-state index >= 15 is 0 Å². The highest BCUT2D eigenvalue weighted by Crippen LogP contribution is 2.05. The number of hydrogen-bond acceptors (Lipinski definition) is 4. The van der Waals surface area contributed by atoms with Crippen molar-refractivity contribution in [2.24, 2.45) is 0 Å². The predicted octanol–water partition coefficient (Wildman–Crippen LogP) is 1.05. The van der Waals surface area contributed by atoms with Crippen molar-refractivity contribution in [3.63, 3.8) is 0 Å². The Morgan fingerprint density at radius 3 is 2.68 bits per heavy atom. The highest BCUT2D eigenvalue weighted by Gasteiger charge is 2.17. The summed E-state index contributed by atoms with van der Waals surface area (Å²) in [5.41, 5.74) is 0.791. The summed E-state index contributed by atoms with van der Waals surface area (Å²) in [4.78, 5) is 4.12. The average molecular weight is 286 g/mol. The van der Waals surface area contributed by atoms with Gasteiger partial charge in [-0.15, -0.1) is 0 Å². The summed E-state index contributed by atoms with van der Waals surface area (Å²) < 4.78 is 25.4. The minimum absolute atomic E-state index is 0.0838. The van der Waals surface area contributed by atoms with Crippen molar-refractivity contribution in [1.29, 1.82) is 0 Å². The predicted molar refractivity (Wildman–Crippen MR) is 75.3 cm³/mol. The third-order valence-corrected chi connectivity index (χ3v) is 4.80. The lowest BCUT2D eigenvalue weighted by Crippen LogP contribution is -2.31. The summed E-state index contributed by atoms with van der Waals surface area (Å²) in [6.07, 6.45) is 4.45. The van der Waals surface area contributed by atoms with Gasteiger partial charge in [-0.3, -0.25) is 4.98 Å². The molecule has 6 heteroatoms. The van der Waals surface area contributed by atoms with E-state index in [2.05, 4.69) is 4.98 Å². The summed E-state index contributed by atoms with van der Waals surface area (Å²) in [7, 11) is -1.61. The van der Waals surface area contributed by atoms with Crippen molar-refractivity contribution in [3.8, 4) is 0 Å². The van der Waals surface area contributed by atoms with Gasteiger partial charge in [-0.05, 0) is 31.4 Å². The van der Waals surface area contributed by atoms with Crippen LogP contribution in [0.3, 0.4) is 0 Å². The first kappa shape index (κ1) is 16.1. The van der Waals surface area contributed by atoms with Crippen LogP contribution in [-0.4, -0.2) is 48.8 Å². The second kappa shape index (κ2) is 8.24. The number of aryl methyl sites for hydroxylation is 1. The number of nitrogens with zero attached hydrogens (tertiary/aromatic N) is 2. The van der Waals surface area contributed by atoms with E-state index in [0.29, 0.717) is 13.0 Å². The first-order chi connectivity index (χ1) is 9.06. The zero-order valence-electron chi connectivity index (χ0n) is 11.3. The van der Waals surface area contributed by atoms with E-state index in [4.69, 9.17) is 5.11 Å². The van der Waals surface area contributed by atoms with Gasteiger partial charge in [0.25, 0.3) is 0 Å². The van der Waals surface area contributed by atoms with Crippen LogP contribution in [0.4, 0.5) is 0 Å². The molecule has 1 rings (SSSR count). The van der Waals surface area contributed by atoms with E-state index in [9.17, 15) is 8.42 Å². The van der Waals surface area contributed by atoms with E-state index in [1.807, 2.05) is 18.2 Å². The topological polar surface area (TPSA) is 70.5 Å². The molecule has 0 atom stereocenters. The second-order valence-corrected chi connectivity index (χ2v) is 6.69. The van der Waals surface area contributed by atoms with Crippen molar-refractivity contribution < 1.29 is 13.5 Å². The highest BCUT2D eigenvalue weighted by atomic mass is 32.2. The van der Waals surface area contributed by atoms with Gasteiger partial charge in [-0.25, -0.2) is 12.7 Å². The lowest BCUT2D eigenvalue weighted by Gasteiger charge is -2.16. The van der Waals surface area contributed by atoms with Crippen molar-refractivity contribution >= 4 is 10.0 Å². The van der Waals surface area contributed by atoms with Gasteiger partial charge in [0.05, 0.1) is 5.75 Å². The van der Waals surface area contributed by atoms with E-state index in [0.717, 1.165) is 25.0 Å². The van der Waals surface area contributed by atoms with Crippen LogP contribution in [0.2, 0.25) is 0 Å². The van der Waals surface area contributed by atoms with E-state index in [1.165, 1.54) is 4.31 Å². The molecular weight excluding hydrogens is 264 g/mol. The third kappa shape index (κ3) is 6.13. The van der Waals surface area contributed by atoms with Crippen LogP contribution >= 0.6 is 0 Å². The molecule has 1 N–H and O–H groups in total. The number of aliphatic hydroxyl groups excluding tert-OH is 1. The molecule has 0 spiro atoms. The second-order valence-electron chi connectivity index (χ2n) is 4.49. The number of aliphatic hydroxyl groups is 1. The molecule has 1 heterocycles. The summed E-state index contributed by atoms with van der Waals surface area (Å²) >= 11 is 0. The number of unbranched alkanes of at least 4 members (excludes halogenated alkanes) is 2. The average Bonchev–Trinajstić information content (AvgIpc) is 2.42. The Morgan fingerprint density at radius 2 is 2.05 bits per heavy atom. The van der Waals surface area contributed by atoms with E-state index < -0.39 is 10.0 Å². The molecule has 0 aliphatic carbocycles. The first-order valence-electron chi connectivity index (χ1n) is 6.51. The molecule has 0 saturated carbocycles. The van der Waals surface area contributed by atoms with Crippen LogP contribution in [-0.2, 0) is 16.4 Å². The monoisotopic (exact) mass is 286 g/mol. The lowest BCUT2D eigenvalue weighted by atomic mass is 10.2. The molecule has 19 heavy (non-hydrogen) atoms. The fourth-order valence-electron chi connectivity index (χ4n) is 1.70. The molecule has 0 radical (unpaired) electrons. The fourth-order valence-corrected chi connectivity index (χ4v) is 2.88. The van der Waals surface area contributed by atoms with Gasteiger partial charge in [-0.2, -0.15) is 0 Å². The first-order valence-corrected chi connectivity index (χ1v) is 8.12. The molecule has 5 nitrogen and oxygen atoms in total. The maximum Gasteiger partial charge on any atom is 0.214 e. The molecule has 1 aromatic rings. The number of hydrogen-bond donors (Lipinski definition) is 1. The molecule has 0 aromatic carbocycles. The summed E-state index contributed by atoms with van der Waals surface area (Å²) in [5, 5.41) is 8.66. The van der Waals surface area contributed by atoms with Crippen LogP contribution in [0.15, 0.2) is 24.4 Å². The van der Waals surface area contributed by atoms with E-state index in [1.54, 1.807) is 13.2 Å². The summed E-state index contributed by atoms with van der Waals surface area (Å²) in [6, 6.07) is 5.50. The van der Waals surface area contributed by atoms with Gasteiger partial charge < -0.3 is 5.11 Å². The van der Waals surface area contributed by atoms with Gasteiger partial charge in [0.1, 0.15) is 0 Å². The van der Waals surface area contributed by atoms with Gasteiger partial charge in [0.15, 0.2) is 0 Å². The molecule has 0 saturated heterocycles. The zero-order chi connectivity index (χ0) is 14.1. The smallest absolute Gasteiger partial charge is 0.214 e. The standard InChI is InChI=1S/C13H22N2O3S/c1-15(10-5-2-6-11-16)19(17,18)12-8-13-7-3-4-9-14-13/h3-4,7,9,16H,2,5-6,8,10-12H2,1H3. The number of aromatic nitrogens is 1. The molecule has 0 bridgehead atoms. The molecule has 0 aliphatic rings. The lowest BCUT2D eigenvalue weighted by molar-refractivity contribution is 0.281. The number of sulfonamides is 1. The normalized spacial score (nSPS) is 11.9. The molecule has 0 fully saturated rings. The number of rotatable bonds is 9. The Hall–Kier alpha value is -0.980. The van der Waals surface area contributed by atoms with Gasteiger partial charge >= 0.3 is 0 Å². The number of pyridine rings is 1. The van der Waals surface area contributed by atoms with Crippen LogP contribution < -0.4 is 0 Å². The highest BCUT2D eigenvalue weighted by molar-refractivity contribution is 7.89. The maximum atomic E-state index is 12.0. The van der Waals surface area contributed by atoms with Crippen LogP contribution in [0.1, 0.15) is 25.0 Å². The Bertz CT molecular complexity index is 448. The van der Waals surface area contributed by atoms with Crippen molar-refractivity contribution in [2.45, 2.75) is 25.7 Å². The van der Waals surface area contributed by atoms with Crippen LogP contribution in [0.25, 0.3) is 0 Å². The Kier molecular flexibility index (Phi) is 6.97. The van der Waals surface area contributed by atoms with Gasteiger partial charge in [-0.1, -0.05) is 6.07 Å². The molecule has 108 valence electrons. The third-order valence-electron chi connectivity index (χ3n) is 2.95. The Morgan fingerprint density at radius 1 is 1.26 bits per heavy atom.